The molecule has 2 aliphatic heterocycles. The number of carboxylic acid groups (broad SMARTS) is 1. The molecule has 0 radical (unpaired) electrons. The van der Waals surface area contributed by atoms with E-state index in [1.165, 1.54) is 39.8 Å². The number of nitrogens with zero attached hydrogens (tertiary/aromatic N) is 3. The predicted octanol–water partition coefficient (Wildman–Crippen LogP) is -0.384. The Labute approximate surface area is 149 Å². The molecular formula is C12H15N5O4S3. The van der Waals surface area contributed by atoms with E-state index in [2.05, 4.69) is 15.5 Å². The van der Waals surface area contributed by atoms with Crippen LogP contribution in [0.15, 0.2) is 15.6 Å². The van der Waals surface area contributed by atoms with Crippen LogP contribution in [-0.4, -0.2) is 73.3 Å². The Morgan fingerprint density at radius 2 is 2.29 bits per heavy atom. The average Bonchev–Trinajstić information content (AvgIpc) is 3.04. The molecule has 9 nitrogen and oxygen atoms in total. The van der Waals surface area contributed by atoms with Crippen LogP contribution in [0.5, 0.6) is 0 Å². The summed E-state index contributed by atoms with van der Waals surface area (Å²) in [6, 6.07) is -0.623. The third-order valence-electron chi connectivity index (χ3n) is 3.46. The molecule has 1 aromatic rings. The lowest BCUT2D eigenvalue weighted by Gasteiger charge is -2.48. The number of aromatic nitrogens is 2. The van der Waals surface area contributed by atoms with Gasteiger partial charge in [0.05, 0.1) is 6.61 Å². The standard InChI is InChI=1S/C12H15N5O4S3/c13-6-8(19)17-7(10(20)21)5(3-22-9(6)17)4-23-12-16-15-11(24-12)14-1-2-18/h6,9,18H,1-4,13H2,(H,14,15)(H,20,21)/t6?,9-/m1/s1. The minimum absolute atomic E-state index is 0.00129. The summed E-state index contributed by atoms with van der Waals surface area (Å²) in [5.41, 5.74) is 6.44. The molecule has 1 aromatic heterocycles. The number of aliphatic carboxylic acids is 1. The highest BCUT2D eigenvalue weighted by Crippen LogP contribution is 2.41. The van der Waals surface area contributed by atoms with E-state index >= 15 is 0 Å². The highest BCUT2D eigenvalue weighted by Gasteiger charge is 2.51. The van der Waals surface area contributed by atoms with Gasteiger partial charge >= 0.3 is 5.97 Å². The molecule has 130 valence electrons. The van der Waals surface area contributed by atoms with Gasteiger partial charge < -0.3 is 21.3 Å². The van der Waals surface area contributed by atoms with Gasteiger partial charge in [0.1, 0.15) is 17.1 Å². The van der Waals surface area contributed by atoms with Crippen molar-refractivity contribution < 1.29 is 19.8 Å². The van der Waals surface area contributed by atoms with Crippen LogP contribution in [-0.2, 0) is 9.59 Å². The van der Waals surface area contributed by atoms with Gasteiger partial charge in [-0.25, -0.2) is 4.79 Å². The summed E-state index contributed by atoms with van der Waals surface area (Å²) in [5.74, 6) is -0.530. The molecule has 1 saturated heterocycles. The first kappa shape index (κ1) is 17.5. The Morgan fingerprint density at radius 1 is 1.50 bits per heavy atom. The lowest BCUT2D eigenvalue weighted by molar-refractivity contribution is -0.147. The number of fused-ring (bicyclic) bond motifs is 1. The molecule has 0 saturated carbocycles. The quantitative estimate of drug-likeness (QED) is 0.360. The van der Waals surface area contributed by atoms with Crippen molar-refractivity contribution >= 4 is 51.9 Å². The average molecular weight is 389 g/mol. The van der Waals surface area contributed by atoms with Gasteiger partial charge in [-0.05, 0) is 5.57 Å². The zero-order valence-corrected chi connectivity index (χ0v) is 14.8. The third-order valence-corrected chi connectivity index (χ3v) is 6.92. The molecule has 5 N–H and O–H groups in total. The Hall–Kier alpha value is -1.34. The van der Waals surface area contributed by atoms with Crippen LogP contribution in [0.2, 0.25) is 0 Å². The van der Waals surface area contributed by atoms with Gasteiger partial charge in [-0.2, -0.15) is 0 Å². The fourth-order valence-corrected chi connectivity index (χ4v) is 5.55. The van der Waals surface area contributed by atoms with Crippen molar-refractivity contribution in [2.45, 2.75) is 15.8 Å². The first-order valence-electron chi connectivity index (χ1n) is 6.99. The number of nitrogens with one attached hydrogen (secondary N) is 1. The van der Waals surface area contributed by atoms with Gasteiger partial charge in [-0.15, -0.1) is 22.0 Å². The number of hydrogen-bond donors (Lipinski definition) is 4. The second-order valence-corrected chi connectivity index (χ2v) is 8.31. The normalized spacial score (nSPS) is 23.1. The molecule has 0 aliphatic carbocycles. The lowest BCUT2D eigenvalue weighted by Crippen LogP contribution is -2.68. The summed E-state index contributed by atoms with van der Waals surface area (Å²) in [5, 5.41) is 29.4. The molecule has 24 heavy (non-hydrogen) atoms. The number of hydrogen-bond acceptors (Lipinski definition) is 10. The van der Waals surface area contributed by atoms with E-state index in [0.717, 1.165) is 0 Å². The number of aliphatic hydroxyl groups is 1. The molecule has 0 aromatic carbocycles. The third kappa shape index (κ3) is 3.24. The number of carboxylic acids is 1. The van der Waals surface area contributed by atoms with Crippen LogP contribution in [0.1, 0.15) is 0 Å². The summed E-state index contributed by atoms with van der Waals surface area (Å²) in [6.45, 7) is 0.393. The summed E-state index contributed by atoms with van der Waals surface area (Å²) >= 11 is 4.18. The van der Waals surface area contributed by atoms with Gasteiger partial charge in [0.2, 0.25) is 11.0 Å². The fraction of sp³-hybridized carbons (Fsp3) is 0.500. The number of nitrogens with two attached hydrogens (primary N) is 1. The molecule has 1 amide bonds. The topological polar surface area (TPSA) is 142 Å². The van der Waals surface area contributed by atoms with Gasteiger partial charge in [0.15, 0.2) is 4.34 Å². The smallest absolute Gasteiger partial charge is 0.352 e. The van der Waals surface area contributed by atoms with E-state index in [1.807, 2.05) is 0 Å². The van der Waals surface area contributed by atoms with E-state index in [4.69, 9.17) is 10.8 Å². The van der Waals surface area contributed by atoms with E-state index < -0.39 is 12.0 Å². The first-order chi connectivity index (χ1) is 11.5. The van der Waals surface area contributed by atoms with Crippen molar-refractivity contribution in [1.82, 2.24) is 15.1 Å². The minimum Gasteiger partial charge on any atom is -0.477 e. The maximum atomic E-state index is 11.9. The van der Waals surface area contributed by atoms with Crippen molar-refractivity contribution in [2.75, 3.05) is 30.0 Å². The monoisotopic (exact) mass is 389 g/mol. The van der Waals surface area contributed by atoms with Crippen molar-refractivity contribution in [2.24, 2.45) is 5.73 Å². The molecule has 1 unspecified atom stereocenters. The van der Waals surface area contributed by atoms with Crippen LogP contribution in [0.25, 0.3) is 0 Å². The van der Waals surface area contributed by atoms with Crippen molar-refractivity contribution in [3.8, 4) is 0 Å². The maximum Gasteiger partial charge on any atom is 0.352 e. The van der Waals surface area contributed by atoms with Gasteiger partial charge in [0.25, 0.3) is 0 Å². The Bertz CT molecular complexity index is 694. The number of β-lactam (4-membered cyclic amide) rings is 1. The Morgan fingerprint density at radius 3 is 3.00 bits per heavy atom. The summed E-state index contributed by atoms with van der Waals surface area (Å²) in [4.78, 5) is 24.7. The van der Waals surface area contributed by atoms with Crippen molar-refractivity contribution in [1.29, 1.82) is 0 Å². The van der Waals surface area contributed by atoms with Crippen LogP contribution in [0.3, 0.4) is 0 Å². The van der Waals surface area contributed by atoms with E-state index in [9.17, 15) is 14.7 Å². The van der Waals surface area contributed by atoms with Crippen LogP contribution in [0, 0.1) is 0 Å². The van der Waals surface area contributed by atoms with Crippen LogP contribution >= 0.6 is 34.9 Å². The molecule has 2 aliphatic rings. The van der Waals surface area contributed by atoms with Gasteiger partial charge in [-0.1, -0.05) is 23.1 Å². The number of aliphatic hydroxyl groups excluding tert-OH is 1. The summed E-state index contributed by atoms with van der Waals surface area (Å²) in [7, 11) is 0. The lowest BCUT2D eigenvalue weighted by atomic mass is 10.0. The van der Waals surface area contributed by atoms with Crippen LogP contribution < -0.4 is 11.1 Å². The molecule has 1 fully saturated rings. The summed E-state index contributed by atoms with van der Waals surface area (Å²) < 4.78 is 0.687. The fourth-order valence-electron chi connectivity index (χ4n) is 2.34. The number of anilines is 1. The SMILES string of the molecule is NC1C(=O)N2C(C(=O)O)=C(CSc3nnc(NCCO)s3)CS[C@H]12. The highest BCUT2D eigenvalue weighted by molar-refractivity contribution is 8.01. The largest absolute Gasteiger partial charge is 0.477 e. The zero-order chi connectivity index (χ0) is 17.3. The molecule has 12 heteroatoms. The Balaban J connectivity index is 1.70. The molecule has 0 bridgehead atoms. The number of carbonyl (C=O) groups is 2. The van der Waals surface area contributed by atoms with Crippen molar-refractivity contribution in [3.05, 3.63) is 11.3 Å². The Kier molecular flexibility index (Phi) is 5.30. The molecule has 2 atom stereocenters. The zero-order valence-electron chi connectivity index (χ0n) is 12.3. The van der Waals surface area contributed by atoms with E-state index in [0.29, 0.717) is 33.1 Å². The summed E-state index contributed by atoms with van der Waals surface area (Å²) in [6.07, 6.45) is 0. The van der Waals surface area contributed by atoms with Crippen molar-refractivity contribution in [3.63, 3.8) is 0 Å². The maximum absolute atomic E-state index is 11.9. The minimum atomic E-state index is -1.11. The van der Waals surface area contributed by atoms with Crippen LogP contribution in [0.4, 0.5) is 5.13 Å². The molecule has 3 rings (SSSR count). The first-order valence-corrected chi connectivity index (χ1v) is 9.84. The molecular weight excluding hydrogens is 374 g/mol. The second-order valence-electron chi connectivity index (χ2n) is 5.01. The number of rotatable bonds is 7. The number of carbonyl (C=O) groups excluding carboxylic acids is 1. The van der Waals surface area contributed by atoms with E-state index in [1.54, 1.807) is 0 Å². The number of thioether (sulfide) groups is 2. The molecule has 3 heterocycles. The number of amides is 1. The highest BCUT2D eigenvalue weighted by atomic mass is 32.2. The van der Waals surface area contributed by atoms with E-state index in [-0.39, 0.29) is 23.6 Å². The second kappa shape index (κ2) is 7.27. The molecule has 0 spiro atoms. The predicted molar refractivity (Wildman–Crippen MR) is 91.9 cm³/mol. The van der Waals surface area contributed by atoms with Gasteiger partial charge in [-0.3, -0.25) is 9.69 Å². The van der Waals surface area contributed by atoms with Gasteiger partial charge in [0, 0.05) is 18.1 Å².